The molecule has 0 bridgehead atoms. The second-order valence-electron chi connectivity index (χ2n) is 10.3. The molecule has 1 amide bonds. The molecule has 15 heteroatoms. The van der Waals surface area contributed by atoms with Crippen molar-refractivity contribution in [3.8, 4) is 17.0 Å². The number of amides is 1. The molecular weight excluding hydrogens is 585 g/mol. The molecule has 1 fully saturated rings. The standard InChI is InChI=1S/C25H31ClF5N3O5S/c1-5-34-21(17-9-6-14(10-18(17)39-23(27)28)11-24(2,3)25(29,30)31)19(26)20(33-34)22(35)32-12-15-7-8-16(13-38-15)40(4,36)37/h6,9-10,15-16,23H,5,7-8,11-13H2,1-4H3,(H,32,35). The Morgan fingerprint density at radius 3 is 2.48 bits per heavy atom. The van der Waals surface area contributed by atoms with E-state index in [1.165, 1.54) is 16.8 Å². The number of benzene rings is 1. The number of nitrogens with one attached hydrogen (secondary N) is 1. The Morgan fingerprint density at radius 2 is 1.95 bits per heavy atom. The highest BCUT2D eigenvalue weighted by Crippen LogP contribution is 2.43. The van der Waals surface area contributed by atoms with E-state index in [1.807, 2.05) is 0 Å². The van der Waals surface area contributed by atoms with Crippen molar-refractivity contribution >= 4 is 27.3 Å². The first-order valence-corrected chi connectivity index (χ1v) is 14.8. The van der Waals surface area contributed by atoms with Crippen molar-refractivity contribution in [3.05, 3.63) is 34.5 Å². The predicted molar refractivity (Wildman–Crippen MR) is 138 cm³/mol. The van der Waals surface area contributed by atoms with Gasteiger partial charge < -0.3 is 14.8 Å². The minimum atomic E-state index is -4.53. The Balaban J connectivity index is 1.86. The van der Waals surface area contributed by atoms with Gasteiger partial charge in [-0.15, -0.1) is 0 Å². The zero-order valence-corrected chi connectivity index (χ0v) is 23.9. The molecule has 2 unspecified atom stereocenters. The van der Waals surface area contributed by atoms with E-state index in [-0.39, 0.29) is 47.2 Å². The maximum Gasteiger partial charge on any atom is 0.394 e. The fourth-order valence-corrected chi connectivity index (χ4v) is 5.53. The highest BCUT2D eigenvalue weighted by Gasteiger charge is 2.47. The normalized spacial score (nSPS) is 18.7. The first-order chi connectivity index (χ1) is 18.4. The first-order valence-electron chi connectivity index (χ1n) is 12.4. The molecule has 0 aliphatic carbocycles. The van der Waals surface area contributed by atoms with E-state index in [4.69, 9.17) is 16.3 Å². The van der Waals surface area contributed by atoms with Crippen LogP contribution in [-0.4, -0.2) is 67.7 Å². The summed E-state index contributed by atoms with van der Waals surface area (Å²) in [6.07, 6.45) is -3.50. The SMILES string of the molecule is CCn1nc(C(=O)NCC2CCC(S(C)(=O)=O)CO2)c(Cl)c1-c1ccc(CC(C)(C)C(F)(F)F)cc1OC(F)F. The van der Waals surface area contributed by atoms with E-state index in [1.54, 1.807) is 6.92 Å². The van der Waals surface area contributed by atoms with Crippen LogP contribution in [-0.2, 0) is 27.5 Å². The number of hydrogen-bond donors (Lipinski definition) is 1. The van der Waals surface area contributed by atoms with Crippen LogP contribution in [0, 0.1) is 5.41 Å². The lowest BCUT2D eigenvalue weighted by Gasteiger charge is -2.28. The molecule has 1 saturated heterocycles. The van der Waals surface area contributed by atoms with Gasteiger partial charge in [0.2, 0.25) is 0 Å². The van der Waals surface area contributed by atoms with Crippen molar-refractivity contribution in [2.45, 2.75) is 70.7 Å². The van der Waals surface area contributed by atoms with Crippen LogP contribution < -0.4 is 10.1 Å². The number of rotatable bonds is 10. The lowest BCUT2D eigenvalue weighted by atomic mass is 9.84. The van der Waals surface area contributed by atoms with Crippen LogP contribution >= 0.6 is 11.6 Å². The number of carbonyl (C=O) groups excluding carboxylic acids is 1. The average molecular weight is 616 g/mol. The number of carbonyl (C=O) groups is 1. The van der Waals surface area contributed by atoms with Gasteiger partial charge in [-0.2, -0.15) is 27.1 Å². The van der Waals surface area contributed by atoms with Gasteiger partial charge in [-0.05, 0) is 43.9 Å². The minimum Gasteiger partial charge on any atom is -0.434 e. The summed E-state index contributed by atoms with van der Waals surface area (Å²) in [5.41, 5.74) is -2.11. The highest BCUT2D eigenvalue weighted by molar-refractivity contribution is 7.91. The Bertz CT molecular complexity index is 1320. The third-order valence-electron chi connectivity index (χ3n) is 6.76. The number of hydrogen-bond acceptors (Lipinski definition) is 6. The lowest BCUT2D eigenvalue weighted by molar-refractivity contribution is -0.211. The predicted octanol–water partition coefficient (Wildman–Crippen LogP) is 5.28. The number of ether oxygens (including phenoxy) is 2. The largest absolute Gasteiger partial charge is 0.434 e. The summed E-state index contributed by atoms with van der Waals surface area (Å²) in [6.45, 7) is 0.660. The van der Waals surface area contributed by atoms with Crippen molar-refractivity contribution in [2.75, 3.05) is 19.4 Å². The summed E-state index contributed by atoms with van der Waals surface area (Å²) in [6, 6.07) is 3.76. The maximum absolute atomic E-state index is 13.4. The van der Waals surface area contributed by atoms with Crippen molar-refractivity contribution in [2.24, 2.45) is 5.41 Å². The zero-order valence-electron chi connectivity index (χ0n) is 22.3. The number of halogens is 6. The van der Waals surface area contributed by atoms with Crippen molar-refractivity contribution < 1.29 is 44.6 Å². The van der Waals surface area contributed by atoms with E-state index in [0.717, 1.165) is 26.2 Å². The van der Waals surface area contributed by atoms with E-state index in [2.05, 4.69) is 15.2 Å². The van der Waals surface area contributed by atoms with E-state index in [0.29, 0.717) is 12.8 Å². The summed E-state index contributed by atoms with van der Waals surface area (Å²) >= 11 is 6.51. The third kappa shape index (κ3) is 7.43. The molecule has 1 aliphatic rings. The summed E-state index contributed by atoms with van der Waals surface area (Å²) < 4.78 is 102. The number of alkyl halides is 5. The summed E-state index contributed by atoms with van der Waals surface area (Å²) in [5, 5.41) is 6.08. The Kier molecular flexibility index (Phi) is 9.78. The number of aromatic nitrogens is 2. The number of nitrogens with zero attached hydrogens (tertiary/aromatic N) is 2. The second-order valence-corrected chi connectivity index (χ2v) is 13.0. The molecular formula is C25H31ClF5N3O5S. The lowest BCUT2D eigenvalue weighted by Crippen LogP contribution is -2.41. The highest BCUT2D eigenvalue weighted by atomic mass is 35.5. The van der Waals surface area contributed by atoms with E-state index < -0.39 is 57.5 Å². The second kappa shape index (κ2) is 12.2. The van der Waals surface area contributed by atoms with Crippen molar-refractivity contribution in [1.82, 2.24) is 15.1 Å². The number of aryl methyl sites for hydroxylation is 1. The van der Waals surface area contributed by atoms with Crippen LogP contribution in [0.4, 0.5) is 22.0 Å². The van der Waals surface area contributed by atoms with E-state index in [9.17, 15) is 35.2 Å². The van der Waals surface area contributed by atoms with Gasteiger partial charge in [0.25, 0.3) is 5.91 Å². The van der Waals surface area contributed by atoms with Gasteiger partial charge in [-0.3, -0.25) is 9.48 Å². The molecule has 1 aliphatic heterocycles. The molecule has 2 aromatic rings. The summed E-state index contributed by atoms with van der Waals surface area (Å²) in [4.78, 5) is 12.9. The van der Waals surface area contributed by atoms with Crippen LogP contribution in [0.15, 0.2) is 18.2 Å². The summed E-state index contributed by atoms with van der Waals surface area (Å²) in [7, 11) is -3.24. The van der Waals surface area contributed by atoms with Crippen LogP contribution in [0.25, 0.3) is 11.3 Å². The van der Waals surface area contributed by atoms with Gasteiger partial charge in [-0.1, -0.05) is 31.5 Å². The molecule has 2 heterocycles. The molecule has 8 nitrogen and oxygen atoms in total. The fourth-order valence-electron chi connectivity index (χ4n) is 4.32. The van der Waals surface area contributed by atoms with Gasteiger partial charge >= 0.3 is 12.8 Å². The molecule has 0 spiro atoms. The topological polar surface area (TPSA) is 99.5 Å². The monoisotopic (exact) mass is 615 g/mol. The molecule has 2 atom stereocenters. The van der Waals surface area contributed by atoms with Gasteiger partial charge in [0.15, 0.2) is 15.5 Å². The molecule has 1 aromatic carbocycles. The molecule has 1 N–H and O–H groups in total. The summed E-state index contributed by atoms with van der Waals surface area (Å²) in [5.74, 6) is -1.09. The molecule has 0 radical (unpaired) electrons. The molecule has 224 valence electrons. The van der Waals surface area contributed by atoms with Crippen LogP contribution in [0.2, 0.25) is 5.02 Å². The Morgan fingerprint density at radius 1 is 1.27 bits per heavy atom. The minimum absolute atomic E-state index is 0.0117. The quantitative estimate of drug-likeness (QED) is 0.365. The molecule has 0 saturated carbocycles. The Labute approximate surface area is 234 Å². The smallest absolute Gasteiger partial charge is 0.394 e. The molecule has 3 rings (SSSR count). The first kappa shape index (κ1) is 32.1. The van der Waals surface area contributed by atoms with Gasteiger partial charge in [0, 0.05) is 24.9 Å². The van der Waals surface area contributed by atoms with Crippen molar-refractivity contribution in [1.29, 1.82) is 0 Å². The van der Waals surface area contributed by atoms with Gasteiger partial charge in [-0.25, -0.2) is 8.42 Å². The van der Waals surface area contributed by atoms with Gasteiger partial charge in [0.1, 0.15) is 5.75 Å². The van der Waals surface area contributed by atoms with Crippen LogP contribution in [0.5, 0.6) is 5.75 Å². The van der Waals surface area contributed by atoms with Crippen LogP contribution in [0.1, 0.15) is 49.7 Å². The average Bonchev–Trinajstić information content (AvgIpc) is 3.17. The van der Waals surface area contributed by atoms with Gasteiger partial charge in [0.05, 0.1) is 34.1 Å². The van der Waals surface area contributed by atoms with E-state index >= 15 is 0 Å². The van der Waals surface area contributed by atoms with Crippen LogP contribution in [0.3, 0.4) is 0 Å². The Hall–Kier alpha value is -2.45. The van der Waals surface area contributed by atoms with Crippen molar-refractivity contribution in [3.63, 3.8) is 0 Å². The fraction of sp³-hybridized carbons (Fsp3) is 0.600. The zero-order chi connectivity index (χ0) is 30.0. The molecule has 40 heavy (non-hydrogen) atoms. The number of sulfone groups is 1. The third-order valence-corrected chi connectivity index (χ3v) is 8.70. The molecule has 1 aromatic heterocycles. The maximum atomic E-state index is 13.4.